The summed E-state index contributed by atoms with van der Waals surface area (Å²) in [5.41, 5.74) is 0.459. The molecule has 0 fully saturated rings. The van der Waals surface area contributed by atoms with Gasteiger partial charge < -0.3 is 5.32 Å². The van der Waals surface area contributed by atoms with Crippen molar-refractivity contribution in [2.24, 2.45) is 0 Å². The molecule has 0 radical (unpaired) electrons. The van der Waals surface area contributed by atoms with Crippen molar-refractivity contribution in [3.05, 3.63) is 35.4 Å². The molecule has 1 unspecified atom stereocenters. The van der Waals surface area contributed by atoms with Gasteiger partial charge in [0.15, 0.2) is 0 Å². The van der Waals surface area contributed by atoms with Gasteiger partial charge >= 0.3 is 0 Å². The minimum Gasteiger partial charge on any atom is -0.317 e. The molecule has 0 saturated carbocycles. The molecule has 96 valence electrons. The molecule has 0 aliphatic heterocycles. The summed E-state index contributed by atoms with van der Waals surface area (Å²) in [5, 5.41) is 3.17. The van der Waals surface area contributed by atoms with Gasteiger partial charge in [-0.3, -0.25) is 0 Å². The zero-order valence-corrected chi connectivity index (χ0v) is 10.6. The van der Waals surface area contributed by atoms with Crippen LogP contribution in [-0.4, -0.2) is 13.1 Å². The van der Waals surface area contributed by atoms with Crippen molar-refractivity contribution in [1.82, 2.24) is 5.32 Å². The Morgan fingerprint density at radius 2 is 2.00 bits per heavy atom. The van der Waals surface area contributed by atoms with Crippen LogP contribution < -0.4 is 5.32 Å². The van der Waals surface area contributed by atoms with E-state index in [2.05, 4.69) is 12.2 Å². The van der Waals surface area contributed by atoms with Crippen LogP contribution in [0.25, 0.3) is 0 Å². The zero-order chi connectivity index (χ0) is 12.7. The number of nitrogens with one attached hydrogen (secondary N) is 1. The second-order valence-electron chi connectivity index (χ2n) is 4.42. The van der Waals surface area contributed by atoms with Gasteiger partial charge in [0.2, 0.25) is 0 Å². The molecular formula is C14H21F2N. The van der Waals surface area contributed by atoms with E-state index in [0.29, 0.717) is 12.0 Å². The molecule has 17 heavy (non-hydrogen) atoms. The Kier molecular flexibility index (Phi) is 6.12. The lowest BCUT2D eigenvalue weighted by Crippen LogP contribution is -2.27. The molecule has 1 aromatic rings. The fraction of sp³-hybridized carbons (Fsp3) is 0.571. The second-order valence-corrected chi connectivity index (χ2v) is 4.42. The van der Waals surface area contributed by atoms with Gasteiger partial charge in [0.05, 0.1) is 0 Å². The average Bonchev–Trinajstić information content (AvgIpc) is 2.32. The number of hydrogen-bond acceptors (Lipinski definition) is 1. The summed E-state index contributed by atoms with van der Waals surface area (Å²) in [4.78, 5) is 0. The summed E-state index contributed by atoms with van der Waals surface area (Å²) in [6.45, 7) is 2.15. The van der Waals surface area contributed by atoms with Crippen molar-refractivity contribution in [2.75, 3.05) is 7.05 Å². The highest BCUT2D eigenvalue weighted by Gasteiger charge is 2.11. The molecule has 0 aliphatic carbocycles. The van der Waals surface area contributed by atoms with Crippen molar-refractivity contribution in [3.8, 4) is 0 Å². The standard InChI is InChI=1S/C14H21F2N/c1-3-4-5-6-13(17-2)10-11-9-12(15)7-8-14(11)16/h7-9,13,17H,3-6,10H2,1-2H3. The minimum absolute atomic E-state index is 0.220. The molecule has 0 bridgehead atoms. The van der Waals surface area contributed by atoms with E-state index in [9.17, 15) is 8.78 Å². The van der Waals surface area contributed by atoms with Crippen LogP contribution in [0.15, 0.2) is 18.2 Å². The first-order chi connectivity index (χ1) is 8.17. The van der Waals surface area contributed by atoms with Crippen LogP contribution in [-0.2, 0) is 6.42 Å². The molecule has 0 spiro atoms. The summed E-state index contributed by atoms with van der Waals surface area (Å²) in [6.07, 6.45) is 5.03. The van der Waals surface area contributed by atoms with Gasteiger partial charge in [-0.05, 0) is 43.7 Å². The summed E-state index contributed by atoms with van der Waals surface area (Å²) in [5.74, 6) is -0.688. The molecule has 0 amide bonds. The van der Waals surface area contributed by atoms with Crippen molar-refractivity contribution in [3.63, 3.8) is 0 Å². The highest BCUT2D eigenvalue weighted by atomic mass is 19.1. The van der Waals surface area contributed by atoms with Crippen molar-refractivity contribution in [1.29, 1.82) is 0 Å². The normalized spacial score (nSPS) is 12.7. The van der Waals surface area contributed by atoms with E-state index < -0.39 is 0 Å². The summed E-state index contributed by atoms with van der Waals surface area (Å²) < 4.78 is 26.5. The monoisotopic (exact) mass is 241 g/mol. The van der Waals surface area contributed by atoms with Crippen LogP contribution >= 0.6 is 0 Å². The van der Waals surface area contributed by atoms with Gasteiger partial charge in [-0.25, -0.2) is 8.78 Å². The largest absolute Gasteiger partial charge is 0.317 e. The van der Waals surface area contributed by atoms with Gasteiger partial charge in [0.1, 0.15) is 11.6 Å². The Morgan fingerprint density at radius 3 is 2.65 bits per heavy atom. The van der Waals surface area contributed by atoms with Crippen LogP contribution in [0.2, 0.25) is 0 Å². The fourth-order valence-electron chi connectivity index (χ4n) is 1.95. The topological polar surface area (TPSA) is 12.0 Å². The van der Waals surface area contributed by atoms with Crippen LogP contribution in [0.4, 0.5) is 8.78 Å². The first-order valence-electron chi connectivity index (χ1n) is 6.28. The lowest BCUT2D eigenvalue weighted by molar-refractivity contribution is 0.477. The first-order valence-corrected chi connectivity index (χ1v) is 6.28. The van der Waals surface area contributed by atoms with E-state index >= 15 is 0 Å². The van der Waals surface area contributed by atoms with E-state index in [1.165, 1.54) is 25.0 Å². The van der Waals surface area contributed by atoms with Crippen molar-refractivity contribution < 1.29 is 8.78 Å². The quantitative estimate of drug-likeness (QED) is 0.718. The van der Waals surface area contributed by atoms with Crippen LogP contribution in [0.3, 0.4) is 0 Å². The lowest BCUT2D eigenvalue weighted by Gasteiger charge is -2.16. The summed E-state index contributed by atoms with van der Waals surface area (Å²) in [7, 11) is 1.87. The number of likely N-dealkylation sites (N-methyl/N-ethyl adjacent to an activating group) is 1. The number of halogens is 2. The van der Waals surface area contributed by atoms with Gasteiger partial charge in [-0.1, -0.05) is 26.2 Å². The molecule has 1 N–H and O–H groups in total. The van der Waals surface area contributed by atoms with Crippen molar-refractivity contribution in [2.45, 2.75) is 45.1 Å². The van der Waals surface area contributed by atoms with Crippen LogP contribution in [0.5, 0.6) is 0 Å². The predicted molar refractivity (Wildman–Crippen MR) is 67.1 cm³/mol. The molecule has 1 nitrogen and oxygen atoms in total. The Bertz CT molecular complexity index is 339. The smallest absolute Gasteiger partial charge is 0.126 e. The molecule has 3 heteroatoms. The minimum atomic E-state index is -0.371. The highest BCUT2D eigenvalue weighted by Crippen LogP contribution is 2.14. The third kappa shape index (κ3) is 4.82. The average molecular weight is 241 g/mol. The summed E-state index contributed by atoms with van der Waals surface area (Å²) in [6, 6.07) is 3.87. The molecule has 0 saturated heterocycles. The van der Waals surface area contributed by atoms with E-state index in [4.69, 9.17) is 0 Å². The fourth-order valence-corrected chi connectivity index (χ4v) is 1.95. The maximum Gasteiger partial charge on any atom is 0.126 e. The third-order valence-electron chi connectivity index (χ3n) is 3.04. The summed E-state index contributed by atoms with van der Waals surface area (Å²) >= 11 is 0. The first kappa shape index (κ1) is 14.1. The predicted octanol–water partition coefficient (Wildman–Crippen LogP) is 3.68. The number of rotatable bonds is 7. The Labute approximate surface area is 102 Å². The molecule has 0 aliphatic rings. The Hall–Kier alpha value is -0.960. The SMILES string of the molecule is CCCCCC(Cc1cc(F)ccc1F)NC. The molecule has 0 heterocycles. The Morgan fingerprint density at radius 1 is 1.24 bits per heavy atom. The molecule has 0 aromatic heterocycles. The van der Waals surface area contributed by atoms with Gasteiger partial charge in [0, 0.05) is 6.04 Å². The van der Waals surface area contributed by atoms with Crippen molar-refractivity contribution >= 4 is 0 Å². The maximum atomic E-state index is 13.5. The number of benzene rings is 1. The number of hydrogen-bond donors (Lipinski definition) is 1. The zero-order valence-electron chi connectivity index (χ0n) is 10.6. The van der Waals surface area contributed by atoms with E-state index in [-0.39, 0.29) is 17.7 Å². The maximum absolute atomic E-state index is 13.5. The lowest BCUT2D eigenvalue weighted by atomic mass is 10.00. The highest BCUT2D eigenvalue weighted by molar-refractivity contribution is 5.19. The number of unbranched alkanes of at least 4 members (excludes halogenated alkanes) is 2. The third-order valence-corrected chi connectivity index (χ3v) is 3.04. The molecular weight excluding hydrogens is 220 g/mol. The van der Waals surface area contributed by atoms with E-state index in [1.807, 2.05) is 7.05 Å². The van der Waals surface area contributed by atoms with Crippen LogP contribution in [0, 0.1) is 11.6 Å². The van der Waals surface area contributed by atoms with Gasteiger partial charge in [-0.15, -0.1) is 0 Å². The van der Waals surface area contributed by atoms with Gasteiger partial charge in [-0.2, -0.15) is 0 Å². The second kappa shape index (κ2) is 7.38. The van der Waals surface area contributed by atoms with Gasteiger partial charge in [0.25, 0.3) is 0 Å². The molecule has 1 rings (SSSR count). The molecule has 1 aromatic carbocycles. The molecule has 1 atom stereocenters. The van der Waals surface area contributed by atoms with E-state index in [0.717, 1.165) is 18.9 Å². The van der Waals surface area contributed by atoms with Crippen LogP contribution in [0.1, 0.15) is 38.2 Å². The van der Waals surface area contributed by atoms with E-state index in [1.54, 1.807) is 0 Å². The Balaban J connectivity index is 2.57.